The van der Waals surface area contributed by atoms with E-state index in [4.69, 9.17) is 5.73 Å². The van der Waals surface area contributed by atoms with Crippen LogP contribution in [-0.4, -0.2) is 18.5 Å². The van der Waals surface area contributed by atoms with Crippen molar-refractivity contribution < 1.29 is 4.79 Å². The molecule has 110 valence electrons. The van der Waals surface area contributed by atoms with E-state index in [9.17, 15) is 4.79 Å². The van der Waals surface area contributed by atoms with Gasteiger partial charge in [-0.05, 0) is 49.4 Å². The van der Waals surface area contributed by atoms with E-state index in [2.05, 4.69) is 21.2 Å². The van der Waals surface area contributed by atoms with Gasteiger partial charge in [-0.2, -0.15) is 0 Å². The van der Waals surface area contributed by atoms with Crippen LogP contribution in [0.5, 0.6) is 0 Å². The van der Waals surface area contributed by atoms with E-state index in [1.54, 1.807) is 0 Å². The highest BCUT2D eigenvalue weighted by molar-refractivity contribution is 9.10. The molecular weight excluding hydrogens is 316 g/mol. The molecule has 1 saturated carbocycles. The van der Waals surface area contributed by atoms with Crippen LogP contribution in [0.3, 0.4) is 0 Å². The van der Waals surface area contributed by atoms with Crippen molar-refractivity contribution in [2.24, 2.45) is 11.7 Å². The molecule has 3 nitrogen and oxygen atoms in total. The monoisotopic (exact) mass is 338 g/mol. The van der Waals surface area contributed by atoms with Gasteiger partial charge in [-0.25, -0.2) is 0 Å². The second-order valence-corrected chi connectivity index (χ2v) is 6.65. The average Bonchev–Trinajstić information content (AvgIpc) is 2.44. The molecule has 0 bridgehead atoms. The van der Waals surface area contributed by atoms with Crippen molar-refractivity contribution in [2.75, 3.05) is 6.54 Å². The van der Waals surface area contributed by atoms with Crippen molar-refractivity contribution in [1.82, 2.24) is 5.32 Å². The fourth-order valence-corrected chi connectivity index (χ4v) is 3.63. The Labute approximate surface area is 129 Å². The Morgan fingerprint density at radius 2 is 2.05 bits per heavy atom. The van der Waals surface area contributed by atoms with Crippen molar-refractivity contribution in [1.29, 1.82) is 0 Å². The molecule has 1 aliphatic carbocycles. The summed E-state index contributed by atoms with van der Waals surface area (Å²) in [7, 11) is 0. The van der Waals surface area contributed by atoms with Crippen LogP contribution in [0.25, 0.3) is 0 Å². The standard InChI is InChI=1S/C16H23BrN2O/c1-11-7-13(9-14(17)8-11)16(20)19-15(10-18)12-5-3-2-4-6-12/h7-9,12,15H,2-6,10,18H2,1H3,(H,19,20). The Morgan fingerprint density at radius 1 is 1.35 bits per heavy atom. The van der Waals surface area contributed by atoms with E-state index in [1.165, 1.54) is 32.1 Å². The SMILES string of the molecule is Cc1cc(Br)cc(C(=O)NC(CN)C2CCCCC2)c1. The first-order valence-corrected chi connectivity index (χ1v) is 8.17. The van der Waals surface area contributed by atoms with Gasteiger partial charge in [0, 0.05) is 22.6 Å². The third-order valence-corrected chi connectivity index (χ3v) is 4.55. The lowest BCUT2D eigenvalue weighted by molar-refractivity contribution is 0.0915. The highest BCUT2D eigenvalue weighted by Crippen LogP contribution is 2.26. The predicted octanol–water partition coefficient (Wildman–Crippen LogP) is 3.39. The summed E-state index contributed by atoms with van der Waals surface area (Å²) < 4.78 is 0.935. The molecule has 0 radical (unpaired) electrons. The summed E-state index contributed by atoms with van der Waals surface area (Å²) in [4.78, 5) is 12.4. The topological polar surface area (TPSA) is 55.1 Å². The van der Waals surface area contributed by atoms with Gasteiger partial charge in [0.2, 0.25) is 0 Å². The van der Waals surface area contributed by atoms with E-state index >= 15 is 0 Å². The maximum atomic E-state index is 12.4. The molecule has 0 heterocycles. The molecule has 1 amide bonds. The molecule has 1 atom stereocenters. The number of carbonyl (C=O) groups excluding carboxylic acids is 1. The first kappa shape index (κ1) is 15.5. The molecule has 3 N–H and O–H groups in total. The van der Waals surface area contributed by atoms with E-state index in [-0.39, 0.29) is 11.9 Å². The van der Waals surface area contributed by atoms with E-state index in [0.717, 1.165) is 10.0 Å². The zero-order valence-corrected chi connectivity index (χ0v) is 13.6. The van der Waals surface area contributed by atoms with Crippen molar-refractivity contribution in [3.05, 3.63) is 33.8 Å². The minimum Gasteiger partial charge on any atom is -0.348 e. The molecule has 1 aromatic rings. The van der Waals surface area contributed by atoms with E-state index in [0.29, 0.717) is 18.0 Å². The third kappa shape index (κ3) is 4.06. The largest absolute Gasteiger partial charge is 0.348 e. The van der Waals surface area contributed by atoms with Gasteiger partial charge < -0.3 is 11.1 Å². The number of aryl methyl sites for hydroxylation is 1. The van der Waals surface area contributed by atoms with Gasteiger partial charge in [0.05, 0.1) is 0 Å². The molecule has 20 heavy (non-hydrogen) atoms. The molecule has 1 fully saturated rings. The number of benzene rings is 1. The van der Waals surface area contributed by atoms with Crippen LogP contribution in [0, 0.1) is 12.8 Å². The average molecular weight is 339 g/mol. The summed E-state index contributed by atoms with van der Waals surface area (Å²) in [6.07, 6.45) is 6.19. The number of carbonyl (C=O) groups is 1. The normalized spacial score (nSPS) is 17.8. The van der Waals surface area contributed by atoms with Crippen LogP contribution in [0.4, 0.5) is 0 Å². The maximum Gasteiger partial charge on any atom is 0.251 e. The zero-order valence-electron chi connectivity index (χ0n) is 12.0. The highest BCUT2D eigenvalue weighted by Gasteiger charge is 2.24. The van der Waals surface area contributed by atoms with Crippen LogP contribution in [0.15, 0.2) is 22.7 Å². The predicted molar refractivity (Wildman–Crippen MR) is 85.8 cm³/mol. The van der Waals surface area contributed by atoms with Crippen molar-refractivity contribution in [3.63, 3.8) is 0 Å². The number of rotatable bonds is 4. The highest BCUT2D eigenvalue weighted by atomic mass is 79.9. The third-order valence-electron chi connectivity index (χ3n) is 4.09. The first-order valence-electron chi connectivity index (χ1n) is 7.38. The van der Waals surface area contributed by atoms with Crippen LogP contribution in [-0.2, 0) is 0 Å². The quantitative estimate of drug-likeness (QED) is 0.883. The molecule has 0 saturated heterocycles. The van der Waals surface area contributed by atoms with Gasteiger partial charge in [0.1, 0.15) is 0 Å². The lowest BCUT2D eigenvalue weighted by atomic mass is 9.84. The number of nitrogens with two attached hydrogens (primary N) is 1. The summed E-state index contributed by atoms with van der Waals surface area (Å²) in [6, 6.07) is 5.87. The minimum atomic E-state index is -0.0181. The molecule has 1 aromatic carbocycles. The molecule has 1 aliphatic rings. The van der Waals surface area contributed by atoms with Gasteiger partial charge in [-0.1, -0.05) is 35.2 Å². The Morgan fingerprint density at radius 3 is 2.65 bits per heavy atom. The van der Waals surface area contributed by atoms with Gasteiger partial charge in [-0.3, -0.25) is 4.79 Å². The van der Waals surface area contributed by atoms with Gasteiger partial charge in [0.25, 0.3) is 5.91 Å². The fraction of sp³-hybridized carbons (Fsp3) is 0.562. The molecule has 0 spiro atoms. The van der Waals surface area contributed by atoms with E-state index < -0.39 is 0 Å². The van der Waals surface area contributed by atoms with Crippen LogP contribution < -0.4 is 11.1 Å². The summed E-state index contributed by atoms with van der Waals surface area (Å²) in [5.41, 5.74) is 7.64. The smallest absolute Gasteiger partial charge is 0.251 e. The van der Waals surface area contributed by atoms with E-state index in [1.807, 2.05) is 25.1 Å². The fourth-order valence-electron chi connectivity index (χ4n) is 3.02. The Hall–Kier alpha value is -0.870. The summed E-state index contributed by atoms with van der Waals surface area (Å²) in [6.45, 7) is 2.51. The number of halogens is 1. The zero-order chi connectivity index (χ0) is 14.5. The Bertz CT molecular complexity index is 449. The summed E-state index contributed by atoms with van der Waals surface area (Å²) in [5, 5.41) is 3.12. The molecule has 0 aromatic heterocycles. The number of amides is 1. The Balaban J connectivity index is 2.04. The van der Waals surface area contributed by atoms with Crippen molar-refractivity contribution in [2.45, 2.75) is 45.1 Å². The van der Waals surface area contributed by atoms with Crippen LogP contribution in [0.2, 0.25) is 0 Å². The minimum absolute atomic E-state index is 0.0181. The lowest BCUT2D eigenvalue weighted by Gasteiger charge is -2.30. The lowest BCUT2D eigenvalue weighted by Crippen LogP contribution is -2.45. The number of nitrogens with one attached hydrogen (secondary N) is 1. The molecular formula is C16H23BrN2O. The summed E-state index contributed by atoms with van der Waals surface area (Å²) >= 11 is 3.44. The van der Waals surface area contributed by atoms with Crippen LogP contribution >= 0.6 is 15.9 Å². The second kappa shape index (κ2) is 7.23. The number of hydrogen-bond donors (Lipinski definition) is 2. The first-order chi connectivity index (χ1) is 9.60. The molecule has 4 heteroatoms. The summed E-state index contributed by atoms with van der Waals surface area (Å²) in [5.74, 6) is 0.515. The van der Waals surface area contributed by atoms with Gasteiger partial charge >= 0.3 is 0 Å². The van der Waals surface area contributed by atoms with Crippen molar-refractivity contribution in [3.8, 4) is 0 Å². The van der Waals surface area contributed by atoms with Crippen molar-refractivity contribution >= 4 is 21.8 Å². The Kier molecular flexibility index (Phi) is 5.61. The molecule has 0 aliphatic heterocycles. The van der Waals surface area contributed by atoms with Gasteiger partial charge in [0.15, 0.2) is 0 Å². The van der Waals surface area contributed by atoms with Crippen LogP contribution in [0.1, 0.15) is 48.0 Å². The molecule has 1 unspecified atom stereocenters. The van der Waals surface area contributed by atoms with Gasteiger partial charge in [-0.15, -0.1) is 0 Å². The maximum absolute atomic E-state index is 12.4. The molecule has 2 rings (SSSR count). The number of hydrogen-bond acceptors (Lipinski definition) is 2. The second-order valence-electron chi connectivity index (χ2n) is 5.73.